The first-order chi connectivity index (χ1) is 8.19. The molecule has 1 spiro atoms. The van der Waals surface area contributed by atoms with Crippen LogP contribution in [0.2, 0.25) is 0 Å². The molecule has 1 unspecified atom stereocenters. The van der Waals surface area contributed by atoms with Gasteiger partial charge in [-0.25, -0.2) is 4.79 Å². The van der Waals surface area contributed by atoms with E-state index in [9.17, 15) is 9.90 Å². The Kier molecular flexibility index (Phi) is 3.69. The van der Waals surface area contributed by atoms with Gasteiger partial charge in [-0.3, -0.25) is 4.90 Å². The van der Waals surface area contributed by atoms with Crippen LogP contribution in [0, 0.1) is 5.41 Å². The van der Waals surface area contributed by atoms with Crippen LogP contribution >= 0.6 is 0 Å². The number of likely N-dealkylation sites (tertiary alicyclic amines) is 1. The number of amides is 1. The number of carbonyl (C=O) groups is 1. The van der Waals surface area contributed by atoms with Gasteiger partial charge in [-0.15, -0.1) is 0 Å². The summed E-state index contributed by atoms with van der Waals surface area (Å²) >= 11 is 0. The summed E-state index contributed by atoms with van der Waals surface area (Å²) < 4.78 is 10.3. The number of hydrogen-bond acceptors (Lipinski definition) is 4. The number of aliphatic hydroxyl groups is 1. The molecule has 5 nitrogen and oxygen atoms in total. The molecule has 0 saturated carbocycles. The Balaban J connectivity index is 1.98. The lowest BCUT2D eigenvalue weighted by Crippen LogP contribution is -2.45. The third-order valence-electron chi connectivity index (χ3n) is 3.74. The Bertz CT molecular complexity index is 299. The predicted molar refractivity (Wildman–Crippen MR) is 61.4 cm³/mol. The maximum atomic E-state index is 11.7. The lowest BCUT2D eigenvalue weighted by molar-refractivity contribution is -0.0846. The van der Waals surface area contributed by atoms with Crippen molar-refractivity contribution in [1.82, 2.24) is 4.90 Å². The van der Waals surface area contributed by atoms with Crippen LogP contribution in [-0.2, 0) is 9.47 Å². The molecule has 1 amide bonds. The van der Waals surface area contributed by atoms with E-state index in [1.807, 2.05) is 0 Å². The van der Waals surface area contributed by atoms with Gasteiger partial charge in [0.2, 0.25) is 0 Å². The van der Waals surface area contributed by atoms with Crippen molar-refractivity contribution in [1.29, 1.82) is 0 Å². The van der Waals surface area contributed by atoms with Crippen LogP contribution in [0.1, 0.15) is 19.3 Å². The molecule has 0 aromatic carbocycles. The maximum absolute atomic E-state index is 11.7. The molecule has 0 aromatic rings. The summed E-state index contributed by atoms with van der Waals surface area (Å²) in [7, 11) is 0. The zero-order chi connectivity index (χ0) is 12.3. The number of aliphatic hydroxyl groups excluding tert-OH is 1. The van der Waals surface area contributed by atoms with Crippen molar-refractivity contribution in [2.75, 3.05) is 26.4 Å². The fourth-order valence-corrected chi connectivity index (χ4v) is 2.62. The summed E-state index contributed by atoms with van der Waals surface area (Å²) in [5.41, 5.74) is -0.189. The number of hydrogen-bond donors (Lipinski definition) is 1. The van der Waals surface area contributed by atoms with Crippen molar-refractivity contribution >= 4 is 6.09 Å². The van der Waals surface area contributed by atoms with E-state index in [-0.39, 0.29) is 12.0 Å². The fraction of sp³-hybridized carbons (Fsp3) is 0.750. The summed E-state index contributed by atoms with van der Waals surface area (Å²) in [6.07, 6.45) is 2.74. The highest BCUT2D eigenvalue weighted by Crippen LogP contribution is 2.43. The topological polar surface area (TPSA) is 59.0 Å². The Morgan fingerprint density at radius 3 is 2.88 bits per heavy atom. The Hall–Kier alpha value is -1.07. The van der Waals surface area contributed by atoms with Crippen LogP contribution in [-0.4, -0.2) is 48.7 Å². The van der Waals surface area contributed by atoms with E-state index in [1.54, 1.807) is 0 Å². The highest BCUT2D eigenvalue weighted by atomic mass is 16.6. The van der Waals surface area contributed by atoms with E-state index in [4.69, 9.17) is 9.47 Å². The van der Waals surface area contributed by atoms with E-state index in [2.05, 4.69) is 6.58 Å². The van der Waals surface area contributed by atoms with E-state index >= 15 is 0 Å². The van der Waals surface area contributed by atoms with Crippen LogP contribution < -0.4 is 0 Å². The lowest BCUT2D eigenvalue weighted by Gasteiger charge is -2.37. The maximum Gasteiger partial charge on any atom is 0.412 e. The minimum absolute atomic E-state index is 0.179. The summed E-state index contributed by atoms with van der Waals surface area (Å²) in [5.74, 6) is 0. The first kappa shape index (κ1) is 12.4. The number of carbonyl (C=O) groups excluding carboxylic acids is 1. The molecule has 17 heavy (non-hydrogen) atoms. The van der Waals surface area contributed by atoms with Crippen molar-refractivity contribution in [3.8, 4) is 0 Å². The summed E-state index contributed by atoms with van der Waals surface area (Å²) in [6.45, 7) is 5.54. The average molecular weight is 241 g/mol. The molecule has 2 saturated heterocycles. The zero-order valence-corrected chi connectivity index (χ0v) is 9.93. The second-order valence-corrected chi connectivity index (χ2v) is 4.66. The second-order valence-electron chi connectivity index (χ2n) is 4.66. The van der Waals surface area contributed by atoms with Crippen LogP contribution in [0.4, 0.5) is 4.79 Å². The van der Waals surface area contributed by atoms with Gasteiger partial charge in [0.15, 0.2) is 0 Å². The molecule has 96 valence electrons. The molecule has 2 rings (SSSR count). The van der Waals surface area contributed by atoms with Crippen LogP contribution in [0.3, 0.4) is 0 Å². The van der Waals surface area contributed by atoms with Crippen LogP contribution in [0.5, 0.6) is 0 Å². The van der Waals surface area contributed by atoms with Gasteiger partial charge in [0.1, 0.15) is 12.8 Å². The van der Waals surface area contributed by atoms with E-state index in [0.717, 1.165) is 19.3 Å². The summed E-state index contributed by atoms with van der Waals surface area (Å²) in [4.78, 5) is 13.1. The minimum Gasteiger partial charge on any atom is -0.445 e. The van der Waals surface area contributed by atoms with Gasteiger partial charge in [-0.2, -0.15) is 0 Å². The molecule has 2 fully saturated rings. The highest BCUT2D eigenvalue weighted by molar-refractivity contribution is 5.68. The van der Waals surface area contributed by atoms with Gasteiger partial charge in [-0.1, -0.05) is 12.7 Å². The molecule has 1 atom stereocenters. The standard InChI is InChI=1S/C12H19NO4/c1-2-7-17-11(15)13-6-3-12(10(13)14)4-8-16-9-5-12/h2,10,14H,1,3-9H2. The fourth-order valence-electron chi connectivity index (χ4n) is 2.62. The monoisotopic (exact) mass is 241 g/mol. The third kappa shape index (κ3) is 2.30. The molecular weight excluding hydrogens is 222 g/mol. The van der Waals surface area contributed by atoms with Crippen molar-refractivity contribution in [2.45, 2.75) is 25.5 Å². The van der Waals surface area contributed by atoms with Gasteiger partial charge >= 0.3 is 6.09 Å². The molecule has 2 aliphatic heterocycles. The molecule has 2 aliphatic rings. The third-order valence-corrected chi connectivity index (χ3v) is 3.74. The van der Waals surface area contributed by atoms with Crippen molar-refractivity contribution in [3.63, 3.8) is 0 Å². The lowest BCUT2D eigenvalue weighted by atomic mass is 9.78. The Morgan fingerprint density at radius 2 is 2.24 bits per heavy atom. The van der Waals surface area contributed by atoms with E-state index in [0.29, 0.717) is 19.8 Å². The zero-order valence-electron chi connectivity index (χ0n) is 9.93. The van der Waals surface area contributed by atoms with E-state index in [1.165, 1.54) is 11.0 Å². The minimum atomic E-state index is -0.747. The average Bonchev–Trinajstić information content (AvgIpc) is 2.66. The Labute approximate surface area is 101 Å². The highest BCUT2D eigenvalue weighted by Gasteiger charge is 2.49. The first-order valence-corrected chi connectivity index (χ1v) is 6.00. The van der Waals surface area contributed by atoms with Crippen molar-refractivity contribution < 1.29 is 19.4 Å². The van der Waals surface area contributed by atoms with Gasteiger partial charge in [-0.05, 0) is 19.3 Å². The van der Waals surface area contributed by atoms with Gasteiger partial charge in [0.05, 0.1) is 0 Å². The van der Waals surface area contributed by atoms with Gasteiger partial charge in [0.25, 0.3) is 0 Å². The molecule has 0 aromatic heterocycles. The first-order valence-electron chi connectivity index (χ1n) is 6.00. The molecule has 2 heterocycles. The van der Waals surface area contributed by atoms with Crippen molar-refractivity contribution in [2.24, 2.45) is 5.41 Å². The second kappa shape index (κ2) is 5.06. The van der Waals surface area contributed by atoms with Crippen molar-refractivity contribution in [3.05, 3.63) is 12.7 Å². The van der Waals surface area contributed by atoms with Crippen LogP contribution in [0.15, 0.2) is 12.7 Å². The predicted octanol–water partition coefficient (Wildman–Crippen LogP) is 1.13. The molecule has 0 aliphatic carbocycles. The quantitative estimate of drug-likeness (QED) is 0.736. The molecule has 0 radical (unpaired) electrons. The number of rotatable bonds is 2. The van der Waals surface area contributed by atoms with Crippen LogP contribution in [0.25, 0.3) is 0 Å². The SMILES string of the molecule is C=CCOC(=O)N1CCC2(CCOCC2)C1O. The van der Waals surface area contributed by atoms with E-state index < -0.39 is 12.3 Å². The molecule has 0 bridgehead atoms. The summed E-state index contributed by atoms with van der Waals surface area (Å²) in [6, 6.07) is 0. The number of nitrogens with zero attached hydrogens (tertiary/aromatic N) is 1. The summed E-state index contributed by atoms with van der Waals surface area (Å²) in [5, 5.41) is 10.3. The molecule has 5 heteroatoms. The molecular formula is C12H19NO4. The smallest absolute Gasteiger partial charge is 0.412 e. The number of ether oxygens (including phenoxy) is 2. The van der Waals surface area contributed by atoms with Gasteiger partial charge < -0.3 is 14.6 Å². The van der Waals surface area contributed by atoms with Gasteiger partial charge in [0, 0.05) is 25.2 Å². The normalized spacial score (nSPS) is 27.1. The molecule has 1 N–H and O–H groups in total. The largest absolute Gasteiger partial charge is 0.445 e. The Morgan fingerprint density at radius 1 is 1.53 bits per heavy atom.